The highest BCUT2D eigenvalue weighted by Crippen LogP contribution is 1.99. The summed E-state index contributed by atoms with van der Waals surface area (Å²) < 4.78 is 0. The summed E-state index contributed by atoms with van der Waals surface area (Å²) in [5.41, 5.74) is 0.813. The lowest BCUT2D eigenvalue weighted by Gasteiger charge is -2.11. The van der Waals surface area contributed by atoms with Gasteiger partial charge in [-0.15, -0.1) is 0 Å². The van der Waals surface area contributed by atoms with E-state index in [0.717, 1.165) is 5.56 Å². The Morgan fingerprint density at radius 3 is 2.56 bits per heavy atom. The summed E-state index contributed by atoms with van der Waals surface area (Å²) in [6.45, 7) is 1.71. The smallest absolute Gasteiger partial charge is 0.326 e. The van der Waals surface area contributed by atoms with Crippen molar-refractivity contribution < 1.29 is 14.7 Å². The molecule has 2 N–H and O–H groups in total. The summed E-state index contributed by atoms with van der Waals surface area (Å²) in [7, 11) is 0. The Morgan fingerprint density at radius 2 is 2.06 bits per heavy atom. The second-order valence-electron chi connectivity index (χ2n) is 3.40. The fourth-order valence-corrected chi connectivity index (χ4v) is 1.27. The highest BCUT2D eigenvalue weighted by molar-refractivity contribution is 5.84. The minimum Gasteiger partial charge on any atom is -0.480 e. The Morgan fingerprint density at radius 1 is 1.44 bits per heavy atom. The Labute approximate surface area is 93.5 Å². The summed E-state index contributed by atoms with van der Waals surface area (Å²) in [6.07, 6.45) is 3.73. The third kappa shape index (κ3) is 3.68. The number of aromatic nitrogens is 1. The number of hydrogen-bond donors (Lipinski definition) is 2. The Kier molecular flexibility index (Phi) is 4.44. The van der Waals surface area contributed by atoms with Crippen molar-refractivity contribution in [3.8, 4) is 0 Å². The van der Waals surface area contributed by atoms with Gasteiger partial charge in [-0.3, -0.25) is 9.78 Å². The van der Waals surface area contributed by atoms with Crippen LogP contribution in [0.25, 0.3) is 0 Å². The van der Waals surface area contributed by atoms with Crippen LogP contribution in [-0.2, 0) is 16.0 Å². The first kappa shape index (κ1) is 12.2. The molecule has 0 bridgehead atoms. The first-order chi connectivity index (χ1) is 7.63. The van der Waals surface area contributed by atoms with Gasteiger partial charge in [-0.25, -0.2) is 4.79 Å². The van der Waals surface area contributed by atoms with Crippen molar-refractivity contribution in [2.45, 2.75) is 25.8 Å². The number of nitrogens with one attached hydrogen (secondary N) is 1. The molecule has 1 aromatic heterocycles. The van der Waals surface area contributed by atoms with Gasteiger partial charge in [0.05, 0.1) is 6.42 Å². The van der Waals surface area contributed by atoms with Gasteiger partial charge < -0.3 is 10.4 Å². The molecule has 0 saturated carbocycles. The lowest BCUT2D eigenvalue weighted by molar-refractivity contribution is -0.141. The van der Waals surface area contributed by atoms with Crippen molar-refractivity contribution in [1.29, 1.82) is 0 Å². The first-order valence-electron chi connectivity index (χ1n) is 5.04. The average molecular weight is 222 g/mol. The number of carbonyl (C=O) groups is 2. The van der Waals surface area contributed by atoms with E-state index in [1.54, 1.807) is 31.5 Å². The molecule has 0 saturated heterocycles. The standard InChI is InChI=1S/C11H14N2O3/c1-2-9(11(15)16)13-10(14)7-8-3-5-12-6-4-8/h3-6,9H,2,7H2,1H3,(H,13,14)(H,15,16). The molecule has 0 fully saturated rings. The maximum absolute atomic E-state index is 11.5. The van der Waals surface area contributed by atoms with Gasteiger partial charge in [0, 0.05) is 12.4 Å². The molecule has 0 aromatic carbocycles. The van der Waals surface area contributed by atoms with Crippen molar-refractivity contribution in [1.82, 2.24) is 10.3 Å². The van der Waals surface area contributed by atoms with E-state index in [2.05, 4.69) is 10.3 Å². The molecule has 5 heteroatoms. The summed E-state index contributed by atoms with van der Waals surface area (Å²) in [5.74, 6) is -1.30. The molecule has 1 aromatic rings. The summed E-state index contributed by atoms with van der Waals surface area (Å²) in [4.78, 5) is 26.0. The predicted octanol–water partition coefficient (Wildman–Crippen LogP) is 0.603. The van der Waals surface area contributed by atoms with Crippen LogP contribution in [0, 0.1) is 0 Å². The molecule has 0 aliphatic rings. The molecule has 5 nitrogen and oxygen atoms in total. The summed E-state index contributed by atoms with van der Waals surface area (Å²) in [5, 5.41) is 11.2. The van der Waals surface area contributed by atoms with Gasteiger partial charge in [-0.05, 0) is 24.1 Å². The molecule has 16 heavy (non-hydrogen) atoms. The minimum atomic E-state index is -1.01. The molecule has 1 rings (SSSR count). The van der Waals surface area contributed by atoms with Crippen molar-refractivity contribution in [3.05, 3.63) is 30.1 Å². The summed E-state index contributed by atoms with van der Waals surface area (Å²) >= 11 is 0. The van der Waals surface area contributed by atoms with Crippen LogP contribution in [0.2, 0.25) is 0 Å². The Hall–Kier alpha value is -1.91. The number of carbonyl (C=O) groups excluding carboxylic acids is 1. The van der Waals surface area contributed by atoms with E-state index in [9.17, 15) is 9.59 Å². The molecule has 86 valence electrons. The maximum Gasteiger partial charge on any atom is 0.326 e. The van der Waals surface area contributed by atoms with E-state index in [1.165, 1.54) is 0 Å². The normalized spacial score (nSPS) is 11.8. The molecule has 0 radical (unpaired) electrons. The monoisotopic (exact) mass is 222 g/mol. The molecular formula is C11H14N2O3. The molecule has 0 aliphatic carbocycles. The van der Waals surface area contributed by atoms with Crippen LogP contribution in [0.1, 0.15) is 18.9 Å². The average Bonchev–Trinajstić information content (AvgIpc) is 2.27. The molecule has 0 spiro atoms. The number of amides is 1. The van der Waals surface area contributed by atoms with Crippen LogP contribution >= 0.6 is 0 Å². The highest BCUT2D eigenvalue weighted by Gasteiger charge is 2.17. The van der Waals surface area contributed by atoms with E-state index < -0.39 is 12.0 Å². The number of carboxylic acid groups (broad SMARTS) is 1. The first-order valence-corrected chi connectivity index (χ1v) is 5.04. The maximum atomic E-state index is 11.5. The van der Waals surface area contributed by atoms with Gasteiger partial charge in [0.25, 0.3) is 0 Å². The topological polar surface area (TPSA) is 79.3 Å². The quantitative estimate of drug-likeness (QED) is 0.764. The second kappa shape index (κ2) is 5.85. The van der Waals surface area contributed by atoms with Gasteiger partial charge in [0.15, 0.2) is 0 Å². The Bertz CT molecular complexity index is 365. The van der Waals surface area contributed by atoms with Crippen molar-refractivity contribution in [3.63, 3.8) is 0 Å². The van der Waals surface area contributed by atoms with Crippen LogP contribution in [0.4, 0.5) is 0 Å². The van der Waals surface area contributed by atoms with Crippen LogP contribution < -0.4 is 5.32 Å². The van der Waals surface area contributed by atoms with Gasteiger partial charge >= 0.3 is 5.97 Å². The van der Waals surface area contributed by atoms with Gasteiger partial charge in [0.1, 0.15) is 6.04 Å². The van der Waals surface area contributed by atoms with Crippen LogP contribution in [0.3, 0.4) is 0 Å². The molecule has 1 atom stereocenters. The molecule has 0 aliphatic heterocycles. The second-order valence-corrected chi connectivity index (χ2v) is 3.40. The minimum absolute atomic E-state index is 0.173. The Balaban J connectivity index is 2.50. The van der Waals surface area contributed by atoms with E-state index in [0.29, 0.717) is 6.42 Å². The third-order valence-electron chi connectivity index (χ3n) is 2.16. The van der Waals surface area contributed by atoms with Crippen molar-refractivity contribution >= 4 is 11.9 Å². The van der Waals surface area contributed by atoms with Crippen LogP contribution in [0.5, 0.6) is 0 Å². The lowest BCUT2D eigenvalue weighted by Crippen LogP contribution is -2.40. The third-order valence-corrected chi connectivity index (χ3v) is 2.16. The van der Waals surface area contributed by atoms with E-state index in [4.69, 9.17) is 5.11 Å². The number of pyridine rings is 1. The fourth-order valence-electron chi connectivity index (χ4n) is 1.27. The molecule has 1 unspecified atom stereocenters. The van der Waals surface area contributed by atoms with Gasteiger partial charge in [0.2, 0.25) is 5.91 Å². The number of nitrogens with zero attached hydrogens (tertiary/aromatic N) is 1. The molecular weight excluding hydrogens is 208 g/mol. The number of carboxylic acids is 1. The van der Waals surface area contributed by atoms with E-state index in [1.807, 2.05) is 0 Å². The summed E-state index contributed by atoms with van der Waals surface area (Å²) in [6, 6.07) is 2.64. The SMILES string of the molecule is CCC(NC(=O)Cc1ccncc1)C(=O)O. The zero-order valence-corrected chi connectivity index (χ0v) is 9.01. The van der Waals surface area contributed by atoms with Crippen molar-refractivity contribution in [2.75, 3.05) is 0 Å². The zero-order valence-electron chi connectivity index (χ0n) is 9.01. The number of rotatable bonds is 5. The van der Waals surface area contributed by atoms with Gasteiger partial charge in [-0.1, -0.05) is 6.92 Å². The largest absolute Gasteiger partial charge is 0.480 e. The molecule has 1 heterocycles. The number of aliphatic carboxylic acids is 1. The highest BCUT2D eigenvalue weighted by atomic mass is 16.4. The van der Waals surface area contributed by atoms with E-state index in [-0.39, 0.29) is 12.3 Å². The molecule has 1 amide bonds. The van der Waals surface area contributed by atoms with Crippen LogP contribution in [0.15, 0.2) is 24.5 Å². The van der Waals surface area contributed by atoms with E-state index >= 15 is 0 Å². The van der Waals surface area contributed by atoms with Gasteiger partial charge in [-0.2, -0.15) is 0 Å². The fraction of sp³-hybridized carbons (Fsp3) is 0.364. The van der Waals surface area contributed by atoms with Crippen LogP contribution in [-0.4, -0.2) is 28.0 Å². The predicted molar refractivity (Wildman–Crippen MR) is 57.8 cm³/mol. The zero-order chi connectivity index (χ0) is 12.0. The number of hydrogen-bond acceptors (Lipinski definition) is 3. The van der Waals surface area contributed by atoms with Crippen molar-refractivity contribution in [2.24, 2.45) is 0 Å². The lowest BCUT2D eigenvalue weighted by atomic mass is 10.1.